The third kappa shape index (κ3) is 8.15. The van der Waals surface area contributed by atoms with E-state index in [-0.39, 0.29) is 44.4 Å². The number of amides is 1. The Morgan fingerprint density at radius 2 is 1.62 bits per heavy atom. The summed E-state index contributed by atoms with van der Waals surface area (Å²) in [4.78, 5) is 12.6. The molecule has 3 aliphatic rings. The van der Waals surface area contributed by atoms with Gasteiger partial charge in [-0.1, -0.05) is 0 Å². The maximum Gasteiger partial charge on any atom is 0.249 e. The lowest BCUT2D eigenvalue weighted by Gasteiger charge is -2.48. The van der Waals surface area contributed by atoms with Gasteiger partial charge in [0.2, 0.25) is 5.91 Å². The van der Waals surface area contributed by atoms with Crippen LogP contribution in [-0.2, 0) is 23.7 Å². The summed E-state index contributed by atoms with van der Waals surface area (Å²) in [6, 6.07) is -3.54. The van der Waals surface area contributed by atoms with Crippen molar-refractivity contribution < 1.29 is 49.3 Å². The molecule has 39 heavy (non-hydrogen) atoms. The molecule has 0 aromatic rings. The smallest absolute Gasteiger partial charge is 0.249 e. The minimum Gasteiger partial charge on any atom is -0.394 e. The lowest BCUT2D eigenvalue weighted by Crippen LogP contribution is -2.69. The lowest BCUT2D eigenvalue weighted by molar-refractivity contribution is -0.314. The Kier molecular flexibility index (Phi) is 13.6. The number of hydrogen-bond acceptors (Lipinski definition) is 15. The lowest BCUT2D eigenvalue weighted by atomic mass is 9.83. The van der Waals surface area contributed by atoms with Crippen LogP contribution in [-0.4, -0.2) is 137 Å². The number of carbonyl (C=O) groups is 1. The first-order valence-electron chi connectivity index (χ1n) is 12.9. The summed E-state index contributed by atoms with van der Waals surface area (Å²) in [5.74, 6) is -0.762. The number of hydrogen-bond donors (Lipinski definition) is 11. The van der Waals surface area contributed by atoms with Crippen molar-refractivity contribution in [3.05, 3.63) is 0 Å². The van der Waals surface area contributed by atoms with Crippen molar-refractivity contribution in [2.45, 2.75) is 111 Å². The molecule has 0 bridgehead atoms. The first-order valence-corrected chi connectivity index (χ1v) is 12.9. The Morgan fingerprint density at radius 3 is 2.23 bits per heavy atom. The van der Waals surface area contributed by atoms with Crippen LogP contribution in [0.3, 0.4) is 0 Å². The fraction of sp³-hybridized carbons (Fsp3) is 0.955. The van der Waals surface area contributed by atoms with Gasteiger partial charge in [-0.2, -0.15) is 0 Å². The van der Waals surface area contributed by atoms with E-state index in [0.29, 0.717) is 12.8 Å². The highest BCUT2D eigenvalue weighted by molar-refractivity contribution is 5.85. The molecule has 230 valence electrons. The molecule has 0 aromatic carbocycles. The van der Waals surface area contributed by atoms with Crippen molar-refractivity contribution >= 4 is 18.3 Å². The van der Waals surface area contributed by atoms with Crippen LogP contribution in [0.2, 0.25) is 0 Å². The molecule has 17 heteroatoms. The number of rotatable bonds is 10. The Labute approximate surface area is 232 Å². The molecule has 16 nitrogen and oxygen atoms in total. The van der Waals surface area contributed by atoms with Gasteiger partial charge in [-0.3, -0.25) is 4.79 Å². The number of aliphatic hydroxyl groups is 5. The standard InChI is InChI=1S/C22H44N6O10.ClH/c23-4-3-12(30)20(34)28-11-5-10(26)18(37-21-9(25)2-1-8(6-24)35-21)17(33)19(11)38-22-16(32)14(27)15(31)13(7-29)36-22;/h8-19,21-22,29-33H,1-7,23-27H2,(H,28,34);1H/t8-,9+,10-,11+,12-,13+,14-,15+,16+,17-,18+,19-,21+,22+;/m0./s1. The molecule has 1 amide bonds. The first-order chi connectivity index (χ1) is 18.0. The molecule has 3 fully saturated rings. The summed E-state index contributed by atoms with van der Waals surface area (Å²) in [5.41, 5.74) is 29.6. The monoisotopic (exact) mass is 588 g/mol. The average Bonchev–Trinajstić information content (AvgIpc) is 2.89. The summed E-state index contributed by atoms with van der Waals surface area (Å²) in [6.45, 7) is -0.296. The van der Waals surface area contributed by atoms with Gasteiger partial charge in [0.1, 0.15) is 42.7 Å². The van der Waals surface area contributed by atoms with Crippen LogP contribution in [0.1, 0.15) is 25.7 Å². The van der Waals surface area contributed by atoms with Gasteiger partial charge in [0.05, 0.1) is 30.8 Å². The molecule has 16 N–H and O–H groups in total. The zero-order valence-corrected chi connectivity index (χ0v) is 22.4. The predicted octanol–water partition coefficient (Wildman–Crippen LogP) is -5.98. The highest BCUT2D eigenvalue weighted by Gasteiger charge is 2.51. The fourth-order valence-electron chi connectivity index (χ4n) is 5.02. The van der Waals surface area contributed by atoms with Crippen molar-refractivity contribution in [3.8, 4) is 0 Å². The van der Waals surface area contributed by atoms with E-state index >= 15 is 0 Å². The molecule has 3 rings (SSSR count). The Bertz CT molecular complexity index is 762. The Morgan fingerprint density at radius 1 is 0.949 bits per heavy atom. The van der Waals surface area contributed by atoms with Gasteiger partial charge in [-0.15, -0.1) is 12.4 Å². The highest BCUT2D eigenvalue weighted by atomic mass is 35.5. The van der Waals surface area contributed by atoms with Crippen molar-refractivity contribution in [1.82, 2.24) is 5.32 Å². The third-order valence-electron chi connectivity index (χ3n) is 7.37. The van der Waals surface area contributed by atoms with E-state index in [4.69, 9.17) is 47.6 Å². The summed E-state index contributed by atoms with van der Waals surface area (Å²) < 4.78 is 23.3. The van der Waals surface area contributed by atoms with E-state index in [1.807, 2.05) is 0 Å². The van der Waals surface area contributed by atoms with Crippen LogP contribution in [0.15, 0.2) is 0 Å². The molecule has 0 aromatic heterocycles. The molecule has 0 radical (unpaired) electrons. The number of nitrogens with two attached hydrogens (primary N) is 5. The minimum atomic E-state index is -1.55. The van der Waals surface area contributed by atoms with Gasteiger partial charge in [-0.25, -0.2) is 0 Å². The zero-order valence-electron chi connectivity index (χ0n) is 21.6. The fourth-order valence-corrected chi connectivity index (χ4v) is 5.02. The van der Waals surface area contributed by atoms with Gasteiger partial charge < -0.3 is 78.5 Å². The summed E-state index contributed by atoms with van der Waals surface area (Å²) in [5, 5.41) is 54.4. The van der Waals surface area contributed by atoms with E-state index in [1.165, 1.54) is 0 Å². The molecule has 0 unspecified atom stereocenters. The van der Waals surface area contributed by atoms with E-state index < -0.39 is 92.0 Å². The third-order valence-corrected chi connectivity index (χ3v) is 7.37. The number of carbonyl (C=O) groups excluding carboxylic acids is 1. The van der Waals surface area contributed by atoms with Crippen molar-refractivity contribution in [2.75, 3.05) is 19.7 Å². The molecule has 2 aliphatic heterocycles. The summed E-state index contributed by atoms with van der Waals surface area (Å²) in [7, 11) is 0. The van der Waals surface area contributed by atoms with E-state index in [9.17, 15) is 30.3 Å². The first kappa shape index (κ1) is 34.4. The summed E-state index contributed by atoms with van der Waals surface area (Å²) in [6.07, 6.45) is -10.8. The number of aliphatic hydroxyl groups excluding tert-OH is 5. The van der Waals surface area contributed by atoms with Crippen LogP contribution in [0.4, 0.5) is 0 Å². The topological polar surface area (TPSA) is 297 Å². The Balaban J connectivity index is 0.00000533. The molecule has 2 saturated heterocycles. The average molecular weight is 589 g/mol. The second-order valence-corrected chi connectivity index (χ2v) is 10.2. The van der Waals surface area contributed by atoms with E-state index in [1.54, 1.807) is 0 Å². The quantitative estimate of drug-likeness (QED) is 0.113. The molecule has 1 saturated carbocycles. The van der Waals surface area contributed by atoms with Crippen LogP contribution in [0.5, 0.6) is 0 Å². The molecule has 14 atom stereocenters. The van der Waals surface area contributed by atoms with Crippen LogP contribution in [0.25, 0.3) is 0 Å². The second-order valence-electron chi connectivity index (χ2n) is 10.2. The van der Waals surface area contributed by atoms with Gasteiger partial charge >= 0.3 is 0 Å². The van der Waals surface area contributed by atoms with E-state index in [0.717, 1.165) is 0 Å². The van der Waals surface area contributed by atoms with Crippen molar-refractivity contribution in [3.63, 3.8) is 0 Å². The molecule has 2 heterocycles. The van der Waals surface area contributed by atoms with E-state index in [2.05, 4.69) is 5.32 Å². The van der Waals surface area contributed by atoms with Crippen LogP contribution < -0.4 is 34.0 Å². The van der Waals surface area contributed by atoms with Gasteiger partial charge in [0.15, 0.2) is 12.6 Å². The Hall–Kier alpha value is -0.800. The van der Waals surface area contributed by atoms with Crippen LogP contribution >= 0.6 is 12.4 Å². The predicted molar refractivity (Wildman–Crippen MR) is 138 cm³/mol. The highest BCUT2D eigenvalue weighted by Crippen LogP contribution is 2.31. The van der Waals surface area contributed by atoms with Gasteiger partial charge in [0.25, 0.3) is 0 Å². The SMILES string of the molecule is Cl.NCC[C@H](O)C(=O)N[C@@H]1C[C@H](N)[C@@H](O[C@H]2O[C@H](CN)CC[C@H]2N)[C@H](O)[C@H]1O[C@H]1O[C@H](CO)[C@@H](O)[C@H](N)[C@H]1O. The number of ether oxygens (including phenoxy) is 4. The van der Waals surface area contributed by atoms with Crippen molar-refractivity contribution in [1.29, 1.82) is 0 Å². The second kappa shape index (κ2) is 15.4. The zero-order chi connectivity index (χ0) is 28.1. The molecular formula is C22H45ClN6O10. The molecule has 0 spiro atoms. The maximum absolute atomic E-state index is 12.6. The normalized spacial score (nSPS) is 43.8. The summed E-state index contributed by atoms with van der Waals surface area (Å²) >= 11 is 0. The molecular weight excluding hydrogens is 544 g/mol. The van der Waals surface area contributed by atoms with Gasteiger partial charge in [-0.05, 0) is 32.2 Å². The number of nitrogens with one attached hydrogen (secondary N) is 1. The number of halogens is 1. The van der Waals surface area contributed by atoms with Crippen molar-refractivity contribution in [2.24, 2.45) is 28.7 Å². The van der Waals surface area contributed by atoms with Crippen LogP contribution in [0, 0.1) is 0 Å². The minimum absolute atomic E-state index is 0. The molecule has 1 aliphatic carbocycles. The van der Waals surface area contributed by atoms with Gasteiger partial charge in [0, 0.05) is 12.6 Å². The maximum atomic E-state index is 12.6. The largest absolute Gasteiger partial charge is 0.394 e.